The third-order valence-corrected chi connectivity index (χ3v) is 4.11. The van der Waals surface area contributed by atoms with Crippen LogP contribution in [0.1, 0.15) is 16.1 Å². The van der Waals surface area contributed by atoms with Crippen LogP contribution in [-0.2, 0) is 10.5 Å². The normalized spacial score (nSPS) is 10.4. The summed E-state index contributed by atoms with van der Waals surface area (Å²) in [7, 11) is 0. The molecule has 0 aliphatic carbocycles. The van der Waals surface area contributed by atoms with Gasteiger partial charge >= 0.3 is 0 Å². The number of carbonyl (C=O) groups is 1. The first kappa shape index (κ1) is 14.0. The molecule has 0 bridgehead atoms. The van der Waals surface area contributed by atoms with Crippen LogP contribution in [0.4, 0.5) is 5.13 Å². The van der Waals surface area contributed by atoms with Gasteiger partial charge in [0.15, 0.2) is 0 Å². The largest absolute Gasteiger partial charge is 0.300 e. The molecule has 4 nitrogen and oxygen atoms in total. The van der Waals surface area contributed by atoms with Crippen molar-refractivity contribution in [3.05, 3.63) is 40.4 Å². The molecule has 0 aliphatic heterocycles. The van der Waals surface area contributed by atoms with E-state index < -0.39 is 0 Å². The van der Waals surface area contributed by atoms with Crippen LogP contribution in [0.5, 0.6) is 0 Å². The standard InChI is InChI=1S/C13H15N3OS2/c1-9-4-3-5-11(6-9)7-18-8-12(17)14-13-16-15-10(2)19-13/h3-6H,7-8H2,1-2H3,(H,14,16,17). The SMILES string of the molecule is Cc1cccc(CSCC(=O)Nc2nnc(C)s2)c1. The van der Waals surface area contributed by atoms with Gasteiger partial charge in [-0.1, -0.05) is 41.2 Å². The van der Waals surface area contributed by atoms with Gasteiger partial charge in [0, 0.05) is 5.75 Å². The number of nitrogens with zero attached hydrogens (tertiary/aromatic N) is 2. The Kier molecular flexibility index (Phi) is 4.93. The number of benzene rings is 1. The minimum Gasteiger partial charge on any atom is -0.300 e. The third kappa shape index (κ3) is 4.65. The Labute approximate surface area is 120 Å². The Morgan fingerprint density at radius 1 is 1.37 bits per heavy atom. The predicted molar refractivity (Wildman–Crippen MR) is 80.6 cm³/mol. The maximum absolute atomic E-state index is 11.7. The average Bonchev–Trinajstić information content (AvgIpc) is 2.75. The summed E-state index contributed by atoms with van der Waals surface area (Å²) in [5, 5.41) is 11.9. The third-order valence-electron chi connectivity index (χ3n) is 2.36. The summed E-state index contributed by atoms with van der Waals surface area (Å²) in [6, 6.07) is 8.32. The fraction of sp³-hybridized carbons (Fsp3) is 0.308. The van der Waals surface area contributed by atoms with E-state index >= 15 is 0 Å². The van der Waals surface area contributed by atoms with Gasteiger partial charge < -0.3 is 0 Å². The molecule has 2 aromatic rings. The summed E-state index contributed by atoms with van der Waals surface area (Å²) in [4.78, 5) is 11.7. The maximum atomic E-state index is 11.7. The molecule has 0 aliphatic rings. The molecular weight excluding hydrogens is 278 g/mol. The second kappa shape index (κ2) is 6.68. The monoisotopic (exact) mass is 293 g/mol. The number of anilines is 1. The molecule has 0 radical (unpaired) electrons. The zero-order valence-electron chi connectivity index (χ0n) is 10.8. The molecule has 6 heteroatoms. The van der Waals surface area contributed by atoms with Gasteiger partial charge in [-0.3, -0.25) is 10.1 Å². The van der Waals surface area contributed by atoms with Gasteiger partial charge in [-0.2, -0.15) is 0 Å². The molecule has 0 saturated heterocycles. The van der Waals surface area contributed by atoms with Crippen molar-refractivity contribution in [2.24, 2.45) is 0 Å². The first-order chi connectivity index (χ1) is 9.13. The number of thioether (sulfide) groups is 1. The highest BCUT2D eigenvalue weighted by Crippen LogP contribution is 2.16. The van der Waals surface area contributed by atoms with Gasteiger partial charge in [0.1, 0.15) is 5.01 Å². The zero-order chi connectivity index (χ0) is 13.7. The first-order valence-electron chi connectivity index (χ1n) is 5.87. The lowest BCUT2D eigenvalue weighted by Gasteiger charge is -2.03. The van der Waals surface area contributed by atoms with Crippen molar-refractivity contribution >= 4 is 34.1 Å². The number of hydrogen-bond acceptors (Lipinski definition) is 5. The van der Waals surface area contributed by atoms with Gasteiger partial charge in [-0.15, -0.1) is 22.0 Å². The number of carbonyl (C=O) groups excluding carboxylic acids is 1. The van der Waals surface area contributed by atoms with E-state index in [2.05, 4.69) is 40.6 Å². The molecule has 1 heterocycles. The van der Waals surface area contributed by atoms with Crippen LogP contribution in [0.15, 0.2) is 24.3 Å². The van der Waals surface area contributed by atoms with Crippen LogP contribution < -0.4 is 5.32 Å². The summed E-state index contributed by atoms with van der Waals surface area (Å²) in [6.45, 7) is 3.93. The lowest BCUT2D eigenvalue weighted by atomic mass is 10.2. The summed E-state index contributed by atoms with van der Waals surface area (Å²) in [5.74, 6) is 1.23. The number of nitrogens with one attached hydrogen (secondary N) is 1. The van der Waals surface area contributed by atoms with Crippen molar-refractivity contribution in [3.63, 3.8) is 0 Å². The lowest BCUT2D eigenvalue weighted by Crippen LogP contribution is -2.14. The molecule has 100 valence electrons. The molecule has 1 amide bonds. The fourth-order valence-electron chi connectivity index (χ4n) is 1.57. The minimum atomic E-state index is -0.0335. The molecule has 0 saturated carbocycles. The van der Waals surface area contributed by atoms with Gasteiger partial charge in [0.05, 0.1) is 5.75 Å². The summed E-state index contributed by atoms with van der Waals surface area (Å²) in [6.07, 6.45) is 0. The van der Waals surface area contributed by atoms with Crippen LogP contribution in [0.25, 0.3) is 0 Å². The molecule has 0 spiro atoms. The molecule has 1 aromatic heterocycles. The topological polar surface area (TPSA) is 54.9 Å². The smallest absolute Gasteiger partial charge is 0.236 e. The van der Waals surface area contributed by atoms with Gasteiger partial charge in [-0.25, -0.2) is 0 Å². The van der Waals surface area contributed by atoms with Crippen molar-refractivity contribution in [1.82, 2.24) is 10.2 Å². The Bertz CT molecular complexity index is 569. The van der Waals surface area contributed by atoms with Crippen molar-refractivity contribution in [2.45, 2.75) is 19.6 Å². The lowest BCUT2D eigenvalue weighted by molar-refractivity contribution is -0.113. The second-order valence-electron chi connectivity index (χ2n) is 4.16. The van der Waals surface area contributed by atoms with E-state index in [4.69, 9.17) is 0 Å². The predicted octanol–water partition coefficient (Wildman–Crippen LogP) is 3.03. The minimum absolute atomic E-state index is 0.0335. The second-order valence-corrected chi connectivity index (χ2v) is 6.32. The van der Waals surface area contributed by atoms with E-state index in [1.54, 1.807) is 11.8 Å². The average molecular weight is 293 g/mol. The van der Waals surface area contributed by atoms with Gasteiger partial charge in [0.2, 0.25) is 11.0 Å². The molecule has 19 heavy (non-hydrogen) atoms. The number of hydrogen-bond donors (Lipinski definition) is 1. The first-order valence-corrected chi connectivity index (χ1v) is 7.84. The van der Waals surface area contributed by atoms with Crippen molar-refractivity contribution in [1.29, 1.82) is 0 Å². The Morgan fingerprint density at radius 3 is 2.89 bits per heavy atom. The van der Waals surface area contributed by atoms with Crippen LogP contribution >= 0.6 is 23.1 Å². The maximum Gasteiger partial charge on any atom is 0.236 e. The molecule has 0 unspecified atom stereocenters. The van der Waals surface area contributed by atoms with Crippen molar-refractivity contribution in [2.75, 3.05) is 11.1 Å². The fourth-order valence-corrected chi connectivity index (χ4v) is 2.95. The van der Waals surface area contributed by atoms with Gasteiger partial charge in [-0.05, 0) is 19.4 Å². The number of rotatable bonds is 5. The molecule has 0 fully saturated rings. The highest BCUT2D eigenvalue weighted by atomic mass is 32.2. The van der Waals surface area contributed by atoms with E-state index in [-0.39, 0.29) is 5.91 Å². The molecule has 1 aromatic carbocycles. The Morgan fingerprint density at radius 2 is 2.21 bits per heavy atom. The van der Waals surface area contributed by atoms with E-state index in [0.717, 1.165) is 10.8 Å². The van der Waals surface area contributed by atoms with Crippen molar-refractivity contribution < 1.29 is 4.79 Å². The highest BCUT2D eigenvalue weighted by Gasteiger charge is 2.06. The Balaban J connectivity index is 1.75. The summed E-state index contributed by atoms with van der Waals surface area (Å²) in [5.41, 5.74) is 2.48. The van der Waals surface area contributed by atoms with E-state index in [0.29, 0.717) is 10.9 Å². The van der Waals surface area contributed by atoms with E-state index in [9.17, 15) is 4.79 Å². The summed E-state index contributed by atoms with van der Waals surface area (Å²) < 4.78 is 0. The van der Waals surface area contributed by atoms with E-state index in [1.165, 1.54) is 22.5 Å². The molecule has 0 atom stereocenters. The van der Waals surface area contributed by atoms with E-state index in [1.807, 2.05) is 13.0 Å². The van der Waals surface area contributed by atoms with Crippen LogP contribution in [0, 0.1) is 13.8 Å². The quantitative estimate of drug-likeness (QED) is 0.920. The highest BCUT2D eigenvalue weighted by molar-refractivity contribution is 7.99. The van der Waals surface area contributed by atoms with Crippen LogP contribution in [0.2, 0.25) is 0 Å². The summed E-state index contributed by atoms with van der Waals surface area (Å²) >= 11 is 2.98. The number of aromatic nitrogens is 2. The molecule has 1 N–H and O–H groups in total. The number of aryl methyl sites for hydroxylation is 2. The van der Waals surface area contributed by atoms with Crippen LogP contribution in [0.3, 0.4) is 0 Å². The zero-order valence-corrected chi connectivity index (χ0v) is 12.5. The molecular formula is C13H15N3OS2. The molecule has 2 rings (SSSR count). The van der Waals surface area contributed by atoms with Crippen molar-refractivity contribution in [3.8, 4) is 0 Å². The Hall–Kier alpha value is -1.40. The van der Waals surface area contributed by atoms with Gasteiger partial charge in [0.25, 0.3) is 0 Å². The van der Waals surface area contributed by atoms with Crippen LogP contribution in [-0.4, -0.2) is 21.9 Å². The number of amides is 1.